The second-order valence-corrected chi connectivity index (χ2v) is 4.90. The third-order valence-electron chi connectivity index (χ3n) is 4.35. The van der Waals surface area contributed by atoms with Crippen LogP contribution in [-0.2, 0) is 12.0 Å². The summed E-state index contributed by atoms with van der Waals surface area (Å²) in [6.07, 6.45) is 8.26. The fraction of sp³-hybridized carbons (Fsp3) is 0.692. The van der Waals surface area contributed by atoms with E-state index in [1.165, 1.54) is 30.6 Å². The summed E-state index contributed by atoms with van der Waals surface area (Å²) in [4.78, 5) is 0. The summed E-state index contributed by atoms with van der Waals surface area (Å²) < 4.78 is 5.76. The number of nitrogens with one attached hydrogen (secondary N) is 1. The van der Waals surface area contributed by atoms with Gasteiger partial charge in [0.1, 0.15) is 5.76 Å². The van der Waals surface area contributed by atoms with Gasteiger partial charge in [-0.15, -0.1) is 0 Å². The van der Waals surface area contributed by atoms with E-state index < -0.39 is 0 Å². The van der Waals surface area contributed by atoms with Crippen LogP contribution in [0.5, 0.6) is 0 Å². The molecule has 1 unspecified atom stereocenters. The van der Waals surface area contributed by atoms with Crippen LogP contribution in [0.1, 0.15) is 43.9 Å². The maximum Gasteiger partial charge on any atom is 0.127 e. The van der Waals surface area contributed by atoms with E-state index in [0.717, 1.165) is 25.3 Å². The SMILES string of the molecule is CCC1(C2CCC2)NCCc2ccoc21. The van der Waals surface area contributed by atoms with E-state index in [-0.39, 0.29) is 5.54 Å². The van der Waals surface area contributed by atoms with Crippen molar-refractivity contribution in [2.75, 3.05) is 6.54 Å². The van der Waals surface area contributed by atoms with Gasteiger partial charge in [-0.05, 0) is 43.2 Å². The Balaban J connectivity index is 2.03. The van der Waals surface area contributed by atoms with Gasteiger partial charge in [-0.3, -0.25) is 0 Å². The highest BCUT2D eigenvalue weighted by molar-refractivity contribution is 5.29. The van der Waals surface area contributed by atoms with Gasteiger partial charge in [-0.1, -0.05) is 13.3 Å². The van der Waals surface area contributed by atoms with Crippen LogP contribution < -0.4 is 5.32 Å². The van der Waals surface area contributed by atoms with Crippen molar-refractivity contribution >= 4 is 0 Å². The number of hydrogen-bond donors (Lipinski definition) is 1. The predicted octanol–water partition coefficient (Wildman–Crippen LogP) is 2.83. The number of furan rings is 1. The Hall–Kier alpha value is -0.760. The Labute approximate surface area is 91.0 Å². The van der Waals surface area contributed by atoms with Crippen LogP contribution in [0, 0.1) is 5.92 Å². The lowest BCUT2D eigenvalue weighted by molar-refractivity contribution is 0.0888. The van der Waals surface area contributed by atoms with Gasteiger partial charge in [0.2, 0.25) is 0 Å². The van der Waals surface area contributed by atoms with Crippen LogP contribution in [0.2, 0.25) is 0 Å². The average molecular weight is 205 g/mol. The second-order valence-electron chi connectivity index (χ2n) is 4.90. The van der Waals surface area contributed by atoms with Gasteiger partial charge in [-0.2, -0.15) is 0 Å². The molecule has 2 heterocycles. The molecule has 1 aliphatic heterocycles. The van der Waals surface area contributed by atoms with Crippen molar-refractivity contribution in [3.8, 4) is 0 Å². The van der Waals surface area contributed by atoms with Gasteiger partial charge in [-0.25, -0.2) is 0 Å². The van der Waals surface area contributed by atoms with Gasteiger partial charge >= 0.3 is 0 Å². The zero-order chi connectivity index (χ0) is 10.3. The molecule has 1 N–H and O–H groups in total. The second kappa shape index (κ2) is 3.38. The summed E-state index contributed by atoms with van der Waals surface area (Å²) in [7, 11) is 0. The zero-order valence-corrected chi connectivity index (χ0v) is 9.38. The third-order valence-corrected chi connectivity index (χ3v) is 4.35. The van der Waals surface area contributed by atoms with E-state index in [1.807, 2.05) is 6.26 Å². The summed E-state index contributed by atoms with van der Waals surface area (Å²) >= 11 is 0. The molecule has 2 heteroatoms. The van der Waals surface area contributed by atoms with Gasteiger partial charge in [0.25, 0.3) is 0 Å². The first-order valence-electron chi connectivity index (χ1n) is 6.18. The molecule has 0 amide bonds. The minimum Gasteiger partial charge on any atom is -0.467 e. The molecule has 1 aromatic rings. The van der Waals surface area contributed by atoms with E-state index in [4.69, 9.17) is 4.42 Å². The minimum atomic E-state index is 0.162. The van der Waals surface area contributed by atoms with Gasteiger partial charge in [0.15, 0.2) is 0 Å². The molecule has 1 saturated carbocycles. The monoisotopic (exact) mass is 205 g/mol. The molecule has 3 rings (SSSR count). The Kier molecular flexibility index (Phi) is 2.13. The predicted molar refractivity (Wildman–Crippen MR) is 59.7 cm³/mol. The maximum atomic E-state index is 5.76. The molecule has 0 saturated heterocycles. The summed E-state index contributed by atoms with van der Waals surface area (Å²) in [5.74, 6) is 2.04. The quantitative estimate of drug-likeness (QED) is 0.803. The molecular weight excluding hydrogens is 186 g/mol. The van der Waals surface area contributed by atoms with Crippen LogP contribution in [0.3, 0.4) is 0 Å². The van der Waals surface area contributed by atoms with Gasteiger partial charge in [0, 0.05) is 6.54 Å². The minimum absolute atomic E-state index is 0.162. The Morgan fingerprint density at radius 3 is 3.07 bits per heavy atom. The van der Waals surface area contributed by atoms with Crippen molar-refractivity contribution < 1.29 is 4.42 Å². The molecule has 82 valence electrons. The summed E-state index contributed by atoms with van der Waals surface area (Å²) in [6.45, 7) is 3.39. The molecular formula is C13H19NO. The lowest BCUT2D eigenvalue weighted by Gasteiger charge is -2.46. The molecule has 0 aromatic carbocycles. The highest BCUT2D eigenvalue weighted by Crippen LogP contribution is 2.47. The highest BCUT2D eigenvalue weighted by atomic mass is 16.3. The summed E-state index contributed by atoms with van der Waals surface area (Å²) in [5.41, 5.74) is 1.59. The summed E-state index contributed by atoms with van der Waals surface area (Å²) in [6, 6.07) is 2.15. The van der Waals surface area contributed by atoms with Crippen molar-refractivity contribution in [2.45, 2.75) is 44.6 Å². The van der Waals surface area contributed by atoms with Crippen molar-refractivity contribution in [3.63, 3.8) is 0 Å². The number of rotatable bonds is 2. The van der Waals surface area contributed by atoms with Crippen molar-refractivity contribution in [1.82, 2.24) is 5.32 Å². The smallest absolute Gasteiger partial charge is 0.127 e. The molecule has 2 aliphatic rings. The van der Waals surface area contributed by atoms with E-state index in [9.17, 15) is 0 Å². The molecule has 1 fully saturated rings. The zero-order valence-electron chi connectivity index (χ0n) is 9.38. The molecule has 0 radical (unpaired) electrons. The topological polar surface area (TPSA) is 25.2 Å². The lowest BCUT2D eigenvalue weighted by atomic mass is 9.66. The van der Waals surface area contributed by atoms with Crippen LogP contribution in [0.4, 0.5) is 0 Å². The first-order valence-corrected chi connectivity index (χ1v) is 6.18. The molecule has 1 aromatic heterocycles. The number of hydrogen-bond acceptors (Lipinski definition) is 2. The van der Waals surface area contributed by atoms with Crippen molar-refractivity contribution in [1.29, 1.82) is 0 Å². The highest BCUT2D eigenvalue weighted by Gasteiger charge is 2.46. The first kappa shape index (κ1) is 9.46. The molecule has 1 atom stereocenters. The first-order chi connectivity index (χ1) is 7.37. The van der Waals surface area contributed by atoms with E-state index >= 15 is 0 Å². The van der Waals surface area contributed by atoms with Gasteiger partial charge in [0.05, 0.1) is 11.8 Å². The largest absolute Gasteiger partial charge is 0.467 e. The Bertz CT molecular complexity index is 353. The fourth-order valence-electron chi connectivity index (χ4n) is 3.23. The van der Waals surface area contributed by atoms with Crippen molar-refractivity contribution in [2.24, 2.45) is 5.92 Å². The van der Waals surface area contributed by atoms with Crippen LogP contribution in [0.25, 0.3) is 0 Å². The third kappa shape index (κ3) is 1.21. The lowest BCUT2D eigenvalue weighted by Crippen LogP contribution is -2.53. The fourth-order valence-corrected chi connectivity index (χ4v) is 3.23. The molecule has 2 nitrogen and oxygen atoms in total. The Morgan fingerprint density at radius 1 is 1.53 bits per heavy atom. The standard InChI is InChI=1S/C13H19NO/c1-2-13(11-4-3-5-11)12-10(6-8-14-13)7-9-15-12/h7,9,11,14H,2-6,8H2,1H3. The van der Waals surface area contributed by atoms with E-state index in [0.29, 0.717) is 0 Å². The van der Waals surface area contributed by atoms with E-state index in [1.54, 1.807) is 0 Å². The Morgan fingerprint density at radius 2 is 2.40 bits per heavy atom. The van der Waals surface area contributed by atoms with Gasteiger partial charge < -0.3 is 9.73 Å². The maximum absolute atomic E-state index is 5.76. The van der Waals surface area contributed by atoms with Crippen LogP contribution in [0.15, 0.2) is 16.7 Å². The summed E-state index contributed by atoms with van der Waals surface area (Å²) in [5, 5.41) is 3.73. The normalized spacial score (nSPS) is 31.0. The number of fused-ring (bicyclic) bond motifs is 1. The van der Waals surface area contributed by atoms with E-state index in [2.05, 4.69) is 18.3 Å². The molecule has 1 aliphatic carbocycles. The van der Waals surface area contributed by atoms with Crippen LogP contribution in [-0.4, -0.2) is 6.54 Å². The molecule has 0 bridgehead atoms. The van der Waals surface area contributed by atoms with Crippen LogP contribution >= 0.6 is 0 Å². The average Bonchev–Trinajstić information content (AvgIpc) is 2.64. The van der Waals surface area contributed by atoms with Crippen molar-refractivity contribution in [3.05, 3.63) is 23.7 Å². The molecule has 15 heavy (non-hydrogen) atoms. The molecule has 0 spiro atoms.